The molecule has 0 spiro atoms. The molecule has 3 heterocycles. The third kappa shape index (κ3) is 1.46. The summed E-state index contributed by atoms with van der Waals surface area (Å²) in [6.07, 6.45) is 2.04. The fourth-order valence-corrected chi connectivity index (χ4v) is 3.89. The zero-order valence-corrected chi connectivity index (χ0v) is 12.7. The fraction of sp³-hybridized carbons (Fsp3) is 0.353. The van der Waals surface area contributed by atoms with Crippen molar-refractivity contribution in [2.45, 2.75) is 30.8 Å². The van der Waals surface area contributed by atoms with Gasteiger partial charge in [0.2, 0.25) is 0 Å². The van der Waals surface area contributed by atoms with Gasteiger partial charge in [0.05, 0.1) is 36.0 Å². The summed E-state index contributed by atoms with van der Waals surface area (Å²) in [5.41, 5.74) is -0.611. The van der Waals surface area contributed by atoms with Crippen LogP contribution in [0.5, 0.6) is 11.5 Å². The van der Waals surface area contributed by atoms with Crippen molar-refractivity contribution in [2.75, 3.05) is 7.11 Å². The van der Waals surface area contributed by atoms with E-state index in [0.717, 1.165) is 0 Å². The second-order valence-corrected chi connectivity index (χ2v) is 6.21. The summed E-state index contributed by atoms with van der Waals surface area (Å²) < 4.78 is 21.9. The Bertz CT molecular complexity index is 973. The van der Waals surface area contributed by atoms with Crippen molar-refractivity contribution in [3.8, 4) is 11.5 Å². The Balaban J connectivity index is 1.95. The van der Waals surface area contributed by atoms with Crippen LogP contribution < -0.4 is 15.1 Å². The Morgan fingerprint density at radius 3 is 3.04 bits per heavy atom. The van der Waals surface area contributed by atoms with Gasteiger partial charge in [-0.15, -0.1) is 0 Å². The van der Waals surface area contributed by atoms with Gasteiger partial charge in [-0.1, -0.05) is 0 Å². The maximum Gasteiger partial charge on any atom is 0.342 e. The van der Waals surface area contributed by atoms with E-state index in [-0.39, 0.29) is 11.1 Å². The molecule has 124 valence electrons. The second kappa shape index (κ2) is 4.31. The summed E-state index contributed by atoms with van der Waals surface area (Å²) in [6, 6.07) is 1.65. The topological polar surface area (TPSA) is 98.4 Å². The zero-order chi connectivity index (χ0) is 16.6. The SMILES string of the molecule is COc1cc2c(c3oc(=O)c4c(c13)CCC4O)C1(O)C=CO[C@@H]1O2. The predicted molar refractivity (Wildman–Crippen MR) is 80.9 cm³/mol. The third-order valence-corrected chi connectivity index (χ3v) is 4.99. The molecule has 1 aliphatic carbocycles. The lowest BCUT2D eigenvalue weighted by Gasteiger charge is -2.19. The molecule has 2 aliphatic heterocycles. The molecule has 0 saturated carbocycles. The minimum atomic E-state index is -1.53. The van der Waals surface area contributed by atoms with Crippen LogP contribution in [0.3, 0.4) is 0 Å². The molecule has 7 nitrogen and oxygen atoms in total. The summed E-state index contributed by atoms with van der Waals surface area (Å²) in [6.45, 7) is 0. The van der Waals surface area contributed by atoms with E-state index in [1.807, 2.05) is 0 Å². The predicted octanol–water partition coefficient (Wildman–Crippen LogP) is 1.23. The Labute approximate surface area is 135 Å². The van der Waals surface area contributed by atoms with Crippen molar-refractivity contribution in [3.05, 3.63) is 45.5 Å². The standard InChI is InChI=1S/C17H14O7/c1-21-9-6-10-13(17(20)4-5-22-16(17)23-10)14-12(9)7-2-3-8(18)11(7)15(19)24-14/h4-6,8,16,18,20H,2-3H2,1H3/t8?,16-,17?/m1/s1. The number of hydrogen-bond donors (Lipinski definition) is 2. The van der Waals surface area contributed by atoms with Crippen molar-refractivity contribution in [1.29, 1.82) is 0 Å². The summed E-state index contributed by atoms with van der Waals surface area (Å²) in [5.74, 6) is 0.809. The number of aliphatic hydroxyl groups excluding tert-OH is 1. The number of methoxy groups -OCH3 is 1. The van der Waals surface area contributed by atoms with Crippen molar-refractivity contribution in [1.82, 2.24) is 0 Å². The highest BCUT2D eigenvalue weighted by Gasteiger charge is 2.53. The van der Waals surface area contributed by atoms with Crippen LogP contribution >= 0.6 is 0 Å². The molecule has 0 fully saturated rings. The van der Waals surface area contributed by atoms with Crippen LogP contribution in [-0.4, -0.2) is 23.6 Å². The maximum absolute atomic E-state index is 12.4. The average molecular weight is 330 g/mol. The van der Waals surface area contributed by atoms with E-state index in [0.29, 0.717) is 40.9 Å². The van der Waals surface area contributed by atoms with Crippen LogP contribution in [0, 0.1) is 0 Å². The summed E-state index contributed by atoms with van der Waals surface area (Å²) in [7, 11) is 1.50. The zero-order valence-electron chi connectivity index (χ0n) is 12.7. The van der Waals surface area contributed by atoms with Crippen LogP contribution in [0.4, 0.5) is 0 Å². The first-order valence-corrected chi connectivity index (χ1v) is 7.66. The van der Waals surface area contributed by atoms with Crippen molar-refractivity contribution < 1.29 is 28.8 Å². The van der Waals surface area contributed by atoms with Gasteiger partial charge in [-0.05, 0) is 24.5 Å². The van der Waals surface area contributed by atoms with E-state index in [4.69, 9.17) is 18.6 Å². The first kappa shape index (κ1) is 13.9. The van der Waals surface area contributed by atoms with Gasteiger partial charge >= 0.3 is 5.63 Å². The van der Waals surface area contributed by atoms with Gasteiger partial charge in [-0.3, -0.25) is 0 Å². The molecule has 0 radical (unpaired) electrons. The number of aryl methyl sites for hydroxylation is 1. The van der Waals surface area contributed by atoms with Crippen LogP contribution in [0.25, 0.3) is 11.0 Å². The van der Waals surface area contributed by atoms with Gasteiger partial charge in [0.25, 0.3) is 6.29 Å². The molecule has 7 heteroatoms. The monoisotopic (exact) mass is 330 g/mol. The molecule has 1 aromatic carbocycles. The molecule has 24 heavy (non-hydrogen) atoms. The van der Waals surface area contributed by atoms with E-state index in [2.05, 4.69) is 0 Å². The smallest absolute Gasteiger partial charge is 0.342 e. The van der Waals surface area contributed by atoms with Gasteiger partial charge < -0.3 is 28.8 Å². The molecule has 3 atom stereocenters. The molecule has 0 bridgehead atoms. The van der Waals surface area contributed by atoms with Crippen LogP contribution in [0.15, 0.2) is 27.6 Å². The molecule has 3 aliphatic rings. The second-order valence-electron chi connectivity index (χ2n) is 6.21. The van der Waals surface area contributed by atoms with E-state index < -0.39 is 23.6 Å². The molecule has 1 aromatic heterocycles. The van der Waals surface area contributed by atoms with Crippen LogP contribution in [0.1, 0.15) is 29.2 Å². The molecule has 5 rings (SSSR count). The summed E-state index contributed by atoms with van der Waals surface area (Å²) in [5, 5.41) is 21.6. The van der Waals surface area contributed by atoms with E-state index in [1.54, 1.807) is 6.07 Å². The lowest BCUT2D eigenvalue weighted by Crippen LogP contribution is -2.33. The lowest BCUT2D eigenvalue weighted by atomic mass is 9.91. The van der Waals surface area contributed by atoms with Crippen LogP contribution in [0.2, 0.25) is 0 Å². The number of rotatable bonds is 1. The molecular formula is C17H14O7. The molecule has 2 N–H and O–H groups in total. The Hall–Kier alpha value is -2.51. The summed E-state index contributed by atoms with van der Waals surface area (Å²) in [4.78, 5) is 12.4. The maximum atomic E-state index is 12.4. The highest BCUT2D eigenvalue weighted by molar-refractivity contribution is 5.94. The number of ether oxygens (including phenoxy) is 3. The molecule has 0 amide bonds. The Kier molecular flexibility index (Phi) is 2.49. The van der Waals surface area contributed by atoms with Gasteiger partial charge in [-0.2, -0.15) is 0 Å². The first-order chi connectivity index (χ1) is 11.5. The Morgan fingerprint density at radius 2 is 2.25 bits per heavy atom. The van der Waals surface area contributed by atoms with Crippen molar-refractivity contribution in [3.63, 3.8) is 0 Å². The fourth-order valence-electron chi connectivity index (χ4n) is 3.89. The van der Waals surface area contributed by atoms with Crippen molar-refractivity contribution in [2.24, 2.45) is 0 Å². The number of fused-ring (bicyclic) bond motifs is 7. The molecule has 2 aromatic rings. The van der Waals surface area contributed by atoms with Crippen molar-refractivity contribution >= 4 is 11.0 Å². The quantitative estimate of drug-likeness (QED) is 0.759. The highest BCUT2D eigenvalue weighted by atomic mass is 16.7. The van der Waals surface area contributed by atoms with Gasteiger partial charge in [-0.25, -0.2) is 4.79 Å². The highest BCUT2D eigenvalue weighted by Crippen LogP contribution is 2.52. The van der Waals surface area contributed by atoms with E-state index in [9.17, 15) is 15.0 Å². The molecular weight excluding hydrogens is 316 g/mol. The van der Waals surface area contributed by atoms with Gasteiger partial charge in [0.15, 0.2) is 11.2 Å². The first-order valence-electron chi connectivity index (χ1n) is 7.66. The Morgan fingerprint density at radius 1 is 1.42 bits per heavy atom. The molecule has 0 saturated heterocycles. The normalized spacial score (nSPS) is 29.1. The van der Waals surface area contributed by atoms with Gasteiger partial charge in [0, 0.05) is 6.07 Å². The van der Waals surface area contributed by atoms with Crippen LogP contribution in [-0.2, 0) is 16.8 Å². The van der Waals surface area contributed by atoms with E-state index >= 15 is 0 Å². The summed E-state index contributed by atoms with van der Waals surface area (Å²) >= 11 is 0. The molecule has 2 unspecified atom stereocenters. The third-order valence-electron chi connectivity index (χ3n) is 4.99. The number of aliphatic hydroxyl groups is 2. The van der Waals surface area contributed by atoms with E-state index in [1.165, 1.54) is 19.4 Å². The number of benzene rings is 1. The minimum absolute atomic E-state index is 0.211. The number of hydrogen-bond acceptors (Lipinski definition) is 7. The lowest BCUT2D eigenvalue weighted by molar-refractivity contribution is -0.109. The average Bonchev–Trinajstić information content (AvgIpc) is 3.17. The van der Waals surface area contributed by atoms with Gasteiger partial charge in [0.1, 0.15) is 11.5 Å². The largest absolute Gasteiger partial charge is 0.496 e. The minimum Gasteiger partial charge on any atom is -0.496 e.